The molecule has 3 rings (SSSR count). The lowest BCUT2D eigenvalue weighted by atomic mass is 10.2. The van der Waals surface area contributed by atoms with Crippen LogP contribution >= 0.6 is 24.0 Å². The predicted octanol–water partition coefficient (Wildman–Crippen LogP) is 3.41. The van der Waals surface area contributed by atoms with Crippen LogP contribution < -0.4 is 20.1 Å². The number of nitrogens with one attached hydrogen (secondary N) is 2. The van der Waals surface area contributed by atoms with Gasteiger partial charge >= 0.3 is 0 Å². The van der Waals surface area contributed by atoms with Crippen molar-refractivity contribution < 1.29 is 14.2 Å². The van der Waals surface area contributed by atoms with Gasteiger partial charge in [-0.25, -0.2) is 4.99 Å². The third-order valence-corrected chi connectivity index (χ3v) is 5.82. The lowest BCUT2D eigenvalue weighted by molar-refractivity contribution is 0.0211. The van der Waals surface area contributed by atoms with E-state index in [1.807, 2.05) is 6.07 Å². The highest BCUT2D eigenvalue weighted by molar-refractivity contribution is 14.0. The van der Waals surface area contributed by atoms with Crippen molar-refractivity contribution in [3.8, 4) is 11.5 Å². The maximum atomic E-state index is 6.22. The second kappa shape index (κ2) is 14.0. The van der Waals surface area contributed by atoms with Gasteiger partial charge in [0, 0.05) is 32.2 Å². The molecule has 8 heteroatoms. The van der Waals surface area contributed by atoms with Gasteiger partial charge in [0.25, 0.3) is 0 Å². The van der Waals surface area contributed by atoms with Crippen molar-refractivity contribution in [2.75, 3.05) is 46.5 Å². The molecule has 0 amide bonds. The average molecular weight is 546 g/mol. The highest BCUT2D eigenvalue weighted by Crippen LogP contribution is 2.32. The van der Waals surface area contributed by atoms with E-state index in [-0.39, 0.29) is 24.0 Å². The molecule has 1 heterocycles. The fraction of sp³-hybridized carbons (Fsp3) is 0.696. The van der Waals surface area contributed by atoms with E-state index in [1.165, 1.54) is 12.8 Å². The number of benzene rings is 1. The number of guanidine groups is 1. The van der Waals surface area contributed by atoms with Crippen molar-refractivity contribution in [2.45, 2.75) is 58.2 Å². The molecule has 7 nitrogen and oxygen atoms in total. The molecule has 1 aliphatic carbocycles. The second-order valence-corrected chi connectivity index (χ2v) is 8.08. The van der Waals surface area contributed by atoms with E-state index in [9.17, 15) is 0 Å². The minimum Gasteiger partial charge on any atom is -0.493 e. The van der Waals surface area contributed by atoms with E-state index in [4.69, 9.17) is 19.2 Å². The molecule has 2 fully saturated rings. The Balaban J connectivity index is 0.00000341. The van der Waals surface area contributed by atoms with Crippen LogP contribution in [0.4, 0.5) is 0 Å². The minimum absolute atomic E-state index is 0. The number of nitrogens with zero attached hydrogens (tertiary/aromatic N) is 2. The standard InChI is InChI=1S/C23H38N4O3.HI/c1-4-24-23(25-16-18(2)27-11-13-29-14-12-27)26-17-19-9-10-21(28-3)22(15-19)30-20-7-5-6-8-20;/h9-10,15,18,20H,4-8,11-14,16-17H2,1-3H3,(H2,24,25,26);1H. The summed E-state index contributed by atoms with van der Waals surface area (Å²) in [6, 6.07) is 6.55. The Morgan fingerprint density at radius 2 is 1.94 bits per heavy atom. The zero-order valence-electron chi connectivity index (χ0n) is 19.2. The number of halogens is 1. The van der Waals surface area contributed by atoms with Crippen LogP contribution in [0.5, 0.6) is 11.5 Å². The Morgan fingerprint density at radius 3 is 2.61 bits per heavy atom. The fourth-order valence-corrected chi connectivity index (χ4v) is 4.00. The van der Waals surface area contributed by atoms with E-state index < -0.39 is 0 Å². The Hall–Kier alpha value is -1.26. The van der Waals surface area contributed by atoms with Gasteiger partial charge in [0.1, 0.15) is 0 Å². The monoisotopic (exact) mass is 546 g/mol. The Kier molecular flexibility index (Phi) is 11.7. The van der Waals surface area contributed by atoms with Crippen LogP contribution in [0.25, 0.3) is 0 Å². The van der Waals surface area contributed by atoms with Gasteiger partial charge in [-0.05, 0) is 57.2 Å². The molecule has 176 valence electrons. The quantitative estimate of drug-likeness (QED) is 0.281. The summed E-state index contributed by atoms with van der Waals surface area (Å²) < 4.78 is 17.2. The van der Waals surface area contributed by atoms with Crippen molar-refractivity contribution in [1.82, 2.24) is 15.5 Å². The Morgan fingerprint density at radius 1 is 1.19 bits per heavy atom. The van der Waals surface area contributed by atoms with E-state index in [2.05, 4.69) is 41.5 Å². The van der Waals surface area contributed by atoms with Crippen LogP contribution in [0.15, 0.2) is 23.2 Å². The molecular formula is C23H39IN4O3. The Bertz CT molecular complexity index is 677. The van der Waals surface area contributed by atoms with Gasteiger partial charge in [-0.2, -0.15) is 0 Å². The van der Waals surface area contributed by atoms with Crippen molar-refractivity contribution in [3.63, 3.8) is 0 Å². The molecule has 1 aliphatic heterocycles. The topological polar surface area (TPSA) is 67.4 Å². The zero-order valence-corrected chi connectivity index (χ0v) is 21.5. The summed E-state index contributed by atoms with van der Waals surface area (Å²) in [5.74, 6) is 2.46. The van der Waals surface area contributed by atoms with Crippen LogP contribution in [0.3, 0.4) is 0 Å². The normalized spacial score (nSPS) is 18.9. The summed E-state index contributed by atoms with van der Waals surface area (Å²) in [5, 5.41) is 6.83. The molecule has 1 aromatic carbocycles. The van der Waals surface area contributed by atoms with E-state index in [0.29, 0.717) is 18.7 Å². The van der Waals surface area contributed by atoms with E-state index in [0.717, 1.165) is 75.3 Å². The average Bonchev–Trinajstić information content (AvgIpc) is 3.29. The first kappa shape index (κ1) is 26.0. The molecule has 31 heavy (non-hydrogen) atoms. The number of hydrogen-bond acceptors (Lipinski definition) is 5. The lowest BCUT2D eigenvalue weighted by Gasteiger charge is -2.32. The first-order valence-electron chi connectivity index (χ1n) is 11.4. The summed E-state index contributed by atoms with van der Waals surface area (Å²) in [4.78, 5) is 7.24. The first-order chi connectivity index (χ1) is 14.7. The van der Waals surface area contributed by atoms with Gasteiger partial charge in [-0.15, -0.1) is 24.0 Å². The van der Waals surface area contributed by atoms with Crippen molar-refractivity contribution in [1.29, 1.82) is 0 Å². The van der Waals surface area contributed by atoms with Crippen LogP contribution in [0, 0.1) is 0 Å². The minimum atomic E-state index is 0. The number of aliphatic imine (C=N–C) groups is 1. The predicted molar refractivity (Wildman–Crippen MR) is 136 cm³/mol. The Labute approximate surface area is 204 Å². The smallest absolute Gasteiger partial charge is 0.191 e. The summed E-state index contributed by atoms with van der Waals surface area (Å²) in [6.45, 7) is 10.2. The highest BCUT2D eigenvalue weighted by Gasteiger charge is 2.19. The maximum Gasteiger partial charge on any atom is 0.191 e. The molecule has 2 N–H and O–H groups in total. The number of methoxy groups -OCH3 is 1. The van der Waals surface area contributed by atoms with Crippen molar-refractivity contribution in [3.05, 3.63) is 23.8 Å². The van der Waals surface area contributed by atoms with Crippen LogP contribution in [0.1, 0.15) is 45.1 Å². The van der Waals surface area contributed by atoms with Crippen molar-refractivity contribution in [2.24, 2.45) is 4.99 Å². The lowest BCUT2D eigenvalue weighted by Crippen LogP contribution is -2.49. The van der Waals surface area contributed by atoms with Crippen molar-refractivity contribution >= 4 is 29.9 Å². The fourth-order valence-electron chi connectivity index (χ4n) is 4.00. The summed E-state index contributed by atoms with van der Waals surface area (Å²) in [5.41, 5.74) is 1.11. The molecule has 0 bridgehead atoms. The molecule has 1 aromatic rings. The molecule has 0 aromatic heterocycles. The summed E-state index contributed by atoms with van der Waals surface area (Å²) >= 11 is 0. The third-order valence-electron chi connectivity index (χ3n) is 5.82. The molecular weight excluding hydrogens is 507 g/mol. The molecule has 1 saturated carbocycles. The number of ether oxygens (including phenoxy) is 3. The zero-order chi connectivity index (χ0) is 21.2. The molecule has 1 atom stereocenters. The SMILES string of the molecule is CCNC(=NCc1ccc(OC)c(OC2CCCC2)c1)NCC(C)N1CCOCC1.I. The molecule has 0 spiro atoms. The molecule has 1 unspecified atom stereocenters. The summed E-state index contributed by atoms with van der Waals surface area (Å²) in [7, 11) is 1.69. The van der Waals surface area contributed by atoms with Gasteiger partial charge in [-0.1, -0.05) is 6.07 Å². The van der Waals surface area contributed by atoms with Gasteiger partial charge < -0.3 is 24.8 Å². The number of hydrogen-bond donors (Lipinski definition) is 2. The third kappa shape index (κ3) is 8.31. The van der Waals surface area contributed by atoms with E-state index in [1.54, 1.807) is 7.11 Å². The van der Waals surface area contributed by atoms with Gasteiger partial charge in [-0.3, -0.25) is 4.90 Å². The number of rotatable bonds is 9. The molecule has 1 saturated heterocycles. The van der Waals surface area contributed by atoms with Gasteiger partial charge in [0.2, 0.25) is 0 Å². The first-order valence-corrected chi connectivity index (χ1v) is 11.4. The summed E-state index contributed by atoms with van der Waals surface area (Å²) in [6.07, 6.45) is 5.05. The highest BCUT2D eigenvalue weighted by atomic mass is 127. The maximum absolute atomic E-state index is 6.22. The largest absolute Gasteiger partial charge is 0.493 e. The molecule has 0 radical (unpaired) electrons. The van der Waals surface area contributed by atoms with Gasteiger partial charge in [0.15, 0.2) is 17.5 Å². The van der Waals surface area contributed by atoms with Crippen LogP contribution in [-0.4, -0.2) is 69.5 Å². The van der Waals surface area contributed by atoms with E-state index >= 15 is 0 Å². The molecule has 2 aliphatic rings. The number of morpholine rings is 1. The van der Waals surface area contributed by atoms with Gasteiger partial charge in [0.05, 0.1) is 33.0 Å². The van der Waals surface area contributed by atoms with Crippen LogP contribution in [0.2, 0.25) is 0 Å². The van der Waals surface area contributed by atoms with Crippen LogP contribution in [-0.2, 0) is 11.3 Å². The second-order valence-electron chi connectivity index (χ2n) is 8.08.